The van der Waals surface area contributed by atoms with E-state index in [1.807, 2.05) is 0 Å². The number of hydrogen-bond donors (Lipinski definition) is 1. The third-order valence-electron chi connectivity index (χ3n) is 3.81. The third kappa shape index (κ3) is 4.12. The highest BCUT2D eigenvalue weighted by Crippen LogP contribution is 2.23. The Morgan fingerprint density at radius 3 is 2.40 bits per heavy atom. The second-order valence-electron chi connectivity index (χ2n) is 5.65. The summed E-state index contributed by atoms with van der Waals surface area (Å²) in [5.41, 5.74) is 0. The molecule has 2 nitrogen and oxygen atoms in total. The molecule has 0 aromatic rings. The smallest absolute Gasteiger partial charge is 0.0192 e. The van der Waals surface area contributed by atoms with Gasteiger partial charge in [-0.1, -0.05) is 27.7 Å². The quantitative estimate of drug-likeness (QED) is 0.769. The fourth-order valence-corrected chi connectivity index (χ4v) is 2.23. The van der Waals surface area contributed by atoms with Crippen molar-refractivity contribution in [2.24, 2.45) is 11.8 Å². The molecule has 0 aromatic heterocycles. The van der Waals surface area contributed by atoms with Crippen LogP contribution >= 0.6 is 0 Å². The molecule has 15 heavy (non-hydrogen) atoms. The van der Waals surface area contributed by atoms with E-state index in [2.05, 4.69) is 44.8 Å². The highest BCUT2D eigenvalue weighted by atomic mass is 15.2. The van der Waals surface area contributed by atoms with Gasteiger partial charge in [0.25, 0.3) is 0 Å². The molecule has 1 heterocycles. The van der Waals surface area contributed by atoms with Crippen molar-refractivity contribution in [1.29, 1.82) is 0 Å². The van der Waals surface area contributed by atoms with Gasteiger partial charge in [0.05, 0.1) is 0 Å². The van der Waals surface area contributed by atoms with E-state index < -0.39 is 0 Å². The first kappa shape index (κ1) is 13.0. The van der Waals surface area contributed by atoms with Crippen molar-refractivity contribution in [3.63, 3.8) is 0 Å². The highest BCUT2D eigenvalue weighted by Gasteiger charge is 2.25. The zero-order chi connectivity index (χ0) is 11.4. The molecule has 2 heteroatoms. The van der Waals surface area contributed by atoms with Crippen LogP contribution in [0.2, 0.25) is 0 Å². The van der Waals surface area contributed by atoms with Crippen molar-refractivity contribution >= 4 is 0 Å². The van der Waals surface area contributed by atoms with Gasteiger partial charge in [0.2, 0.25) is 0 Å². The van der Waals surface area contributed by atoms with Crippen LogP contribution in [0.3, 0.4) is 0 Å². The first-order valence-corrected chi connectivity index (χ1v) is 6.48. The van der Waals surface area contributed by atoms with E-state index in [1.54, 1.807) is 0 Å². The minimum absolute atomic E-state index is 0.605. The van der Waals surface area contributed by atoms with Gasteiger partial charge in [-0.2, -0.15) is 0 Å². The maximum absolute atomic E-state index is 3.53. The molecule has 0 saturated carbocycles. The number of rotatable bonds is 4. The van der Waals surface area contributed by atoms with E-state index in [4.69, 9.17) is 0 Å². The van der Waals surface area contributed by atoms with Gasteiger partial charge in [0.1, 0.15) is 0 Å². The molecule has 1 rings (SSSR count). The number of piperidine rings is 1. The molecule has 90 valence electrons. The normalized spacial score (nSPS) is 30.8. The molecule has 1 fully saturated rings. The summed E-state index contributed by atoms with van der Waals surface area (Å²) in [6, 6.07) is 1.29. The fourth-order valence-electron chi connectivity index (χ4n) is 2.23. The largest absolute Gasteiger partial charge is 0.313 e. The average molecular weight is 212 g/mol. The van der Waals surface area contributed by atoms with Crippen molar-refractivity contribution < 1.29 is 0 Å². The summed E-state index contributed by atoms with van der Waals surface area (Å²) in [4.78, 5) is 2.64. The summed E-state index contributed by atoms with van der Waals surface area (Å²) in [5.74, 6) is 1.77. The molecule has 0 radical (unpaired) electrons. The minimum atomic E-state index is 0.605. The molecule has 3 atom stereocenters. The number of nitrogens with zero attached hydrogens (tertiary/aromatic N) is 1. The molecule has 1 aliphatic rings. The number of nitrogens with one attached hydrogen (secondary N) is 1. The van der Waals surface area contributed by atoms with Crippen molar-refractivity contribution in [3.8, 4) is 0 Å². The van der Waals surface area contributed by atoms with Crippen LogP contribution in [0.1, 0.15) is 41.0 Å². The van der Waals surface area contributed by atoms with E-state index in [0.717, 1.165) is 18.4 Å². The molecular formula is C13H28N2. The van der Waals surface area contributed by atoms with Crippen LogP contribution in [0, 0.1) is 11.8 Å². The van der Waals surface area contributed by atoms with E-state index >= 15 is 0 Å². The van der Waals surface area contributed by atoms with E-state index in [9.17, 15) is 0 Å². The van der Waals surface area contributed by atoms with Gasteiger partial charge in [0.15, 0.2) is 0 Å². The van der Waals surface area contributed by atoms with Crippen LogP contribution in [0.25, 0.3) is 0 Å². The topological polar surface area (TPSA) is 15.3 Å². The monoisotopic (exact) mass is 212 g/mol. The molecule has 0 spiro atoms. The molecule has 1 N–H and O–H groups in total. The average Bonchev–Trinajstić information content (AvgIpc) is 2.18. The van der Waals surface area contributed by atoms with Crippen molar-refractivity contribution in [2.45, 2.75) is 53.1 Å². The van der Waals surface area contributed by atoms with Crippen LogP contribution in [0.4, 0.5) is 0 Å². The van der Waals surface area contributed by atoms with E-state index in [0.29, 0.717) is 12.1 Å². The van der Waals surface area contributed by atoms with Crippen LogP contribution in [-0.4, -0.2) is 36.6 Å². The standard InChI is InChI=1S/C13H28N2/c1-10(2)14-8-13(5)15-7-6-11(3)12(4)9-15/h10-14H,6-9H2,1-5H3. The van der Waals surface area contributed by atoms with E-state index in [-0.39, 0.29) is 0 Å². The summed E-state index contributed by atoms with van der Waals surface area (Å²) in [6.45, 7) is 15.2. The first-order valence-electron chi connectivity index (χ1n) is 6.48. The Labute approximate surface area is 95.4 Å². The molecule has 3 unspecified atom stereocenters. The zero-order valence-corrected chi connectivity index (χ0v) is 11.1. The number of hydrogen-bond acceptors (Lipinski definition) is 2. The Balaban J connectivity index is 2.30. The van der Waals surface area contributed by atoms with Gasteiger partial charge in [-0.25, -0.2) is 0 Å². The lowest BCUT2D eigenvalue weighted by molar-refractivity contribution is 0.101. The summed E-state index contributed by atoms with van der Waals surface area (Å²) in [6.07, 6.45) is 1.37. The molecule has 0 aliphatic carbocycles. The Hall–Kier alpha value is -0.0800. The van der Waals surface area contributed by atoms with Gasteiger partial charge >= 0.3 is 0 Å². The predicted molar refractivity (Wildman–Crippen MR) is 67.1 cm³/mol. The lowest BCUT2D eigenvalue weighted by Gasteiger charge is -2.39. The van der Waals surface area contributed by atoms with Gasteiger partial charge in [-0.3, -0.25) is 4.90 Å². The van der Waals surface area contributed by atoms with Crippen molar-refractivity contribution in [1.82, 2.24) is 10.2 Å². The molecule has 0 bridgehead atoms. The fraction of sp³-hybridized carbons (Fsp3) is 1.00. The SMILES string of the molecule is CC(C)NCC(C)N1CCC(C)C(C)C1. The van der Waals surface area contributed by atoms with Crippen LogP contribution in [0.15, 0.2) is 0 Å². The summed E-state index contributed by atoms with van der Waals surface area (Å²) in [5, 5.41) is 3.53. The Bertz CT molecular complexity index is 179. The highest BCUT2D eigenvalue weighted by molar-refractivity contribution is 4.79. The van der Waals surface area contributed by atoms with Gasteiger partial charge in [-0.05, 0) is 31.7 Å². The molecule has 1 saturated heterocycles. The summed E-state index contributed by atoms with van der Waals surface area (Å²) >= 11 is 0. The molecule has 0 aromatic carbocycles. The van der Waals surface area contributed by atoms with E-state index in [1.165, 1.54) is 19.5 Å². The maximum Gasteiger partial charge on any atom is 0.0192 e. The Morgan fingerprint density at radius 1 is 1.20 bits per heavy atom. The molecular weight excluding hydrogens is 184 g/mol. The van der Waals surface area contributed by atoms with Crippen molar-refractivity contribution in [3.05, 3.63) is 0 Å². The third-order valence-corrected chi connectivity index (χ3v) is 3.81. The second kappa shape index (κ2) is 5.86. The maximum atomic E-state index is 3.53. The van der Waals surface area contributed by atoms with Gasteiger partial charge in [-0.15, -0.1) is 0 Å². The Kier molecular flexibility index (Phi) is 5.07. The van der Waals surface area contributed by atoms with Crippen molar-refractivity contribution in [2.75, 3.05) is 19.6 Å². The van der Waals surface area contributed by atoms with Crippen LogP contribution < -0.4 is 5.32 Å². The summed E-state index contributed by atoms with van der Waals surface area (Å²) < 4.78 is 0. The molecule has 0 amide bonds. The lowest BCUT2D eigenvalue weighted by Crippen LogP contribution is -2.48. The van der Waals surface area contributed by atoms with Crippen LogP contribution in [0.5, 0.6) is 0 Å². The first-order chi connectivity index (χ1) is 7.00. The zero-order valence-electron chi connectivity index (χ0n) is 11.1. The van der Waals surface area contributed by atoms with Gasteiger partial charge < -0.3 is 5.32 Å². The predicted octanol–water partition coefficient (Wildman–Crippen LogP) is 2.35. The number of likely N-dealkylation sites (tertiary alicyclic amines) is 1. The molecule has 1 aliphatic heterocycles. The minimum Gasteiger partial charge on any atom is -0.313 e. The van der Waals surface area contributed by atoms with Gasteiger partial charge in [0, 0.05) is 25.2 Å². The lowest BCUT2D eigenvalue weighted by atomic mass is 9.88. The summed E-state index contributed by atoms with van der Waals surface area (Å²) in [7, 11) is 0. The van der Waals surface area contributed by atoms with Crippen LogP contribution in [-0.2, 0) is 0 Å². The second-order valence-corrected chi connectivity index (χ2v) is 5.65. The Morgan fingerprint density at radius 2 is 1.87 bits per heavy atom.